The number of aromatic nitrogens is 2. The zero-order valence-corrected chi connectivity index (χ0v) is 12.7. The normalized spacial score (nSPS) is 17.2. The molecule has 0 amide bonds. The van der Waals surface area contributed by atoms with Crippen LogP contribution < -0.4 is 0 Å². The summed E-state index contributed by atoms with van der Waals surface area (Å²) in [6.07, 6.45) is 0.822. The van der Waals surface area contributed by atoms with Crippen LogP contribution in [0.3, 0.4) is 0 Å². The van der Waals surface area contributed by atoms with E-state index in [4.69, 9.17) is 4.52 Å². The standard InChI is InChI=1S/C16H22N4O/c1-13-3-5-14(6-4-13)16-17-15(21-18-16)7-8-20-11-9-19(2)10-12-20/h3-6H,7-12H2,1-2H3. The second kappa shape index (κ2) is 6.37. The predicted octanol–water partition coefficient (Wildman–Crippen LogP) is 1.83. The molecular formula is C16H22N4O. The number of aryl methyl sites for hydroxylation is 1. The van der Waals surface area contributed by atoms with E-state index in [0.717, 1.165) is 50.6 Å². The lowest BCUT2D eigenvalue weighted by atomic mass is 10.1. The Balaban J connectivity index is 1.56. The third-order valence-electron chi connectivity index (χ3n) is 4.02. The highest BCUT2D eigenvalue weighted by molar-refractivity contribution is 5.54. The molecule has 2 aromatic rings. The molecule has 1 aromatic carbocycles. The van der Waals surface area contributed by atoms with E-state index in [1.54, 1.807) is 0 Å². The summed E-state index contributed by atoms with van der Waals surface area (Å²) in [5, 5.41) is 4.08. The van der Waals surface area contributed by atoms with Gasteiger partial charge < -0.3 is 14.3 Å². The lowest BCUT2D eigenvalue weighted by Gasteiger charge is -2.31. The van der Waals surface area contributed by atoms with E-state index >= 15 is 0 Å². The maximum atomic E-state index is 5.36. The summed E-state index contributed by atoms with van der Waals surface area (Å²) in [6, 6.07) is 8.19. The smallest absolute Gasteiger partial charge is 0.228 e. The molecule has 0 spiro atoms. The fourth-order valence-corrected chi connectivity index (χ4v) is 2.50. The molecule has 0 unspecified atom stereocenters. The number of nitrogens with zero attached hydrogens (tertiary/aromatic N) is 4. The van der Waals surface area contributed by atoms with Crippen LogP contribution in [0.5, 0.6) is 0 Å². The maximum Gasteiger partial charge on any atom is 0.228 e. The average molecular weight is 286 g/mol. The summed E-state index contributed by atoms with van der Waals surface area (Å²) in [5.41, 5.74) is 2.24. The molecule has 0 bridgehead atoms. The molecule has 0 saturated carbocycles. The summed E-state index contributed by atoms with van der Waals surface area (Å²) in [5.74, 6) is 1.41. The maximum absolute atomic E-state index is 5.36. The van der Waals surface area contributed by atoms with Crippen LogP contribution in [-0.2, 0) is 6.42 Å². The number of piperazine rings is 1. The number of likely N-dealkylation sites (N-methyl/N-ethyl adjacent to an activating group) is 1. The third kappa shape index (κ3) is 3.68. The van der Waals surface area contributed by atoms with Gasteiger partial charge in [0.25, 0.3) is 0 Å². The van der Waals surface area contributed by atoms with Crippen LogP contribution >= 0.6 is 0 Å². The number of rotatable bonds is 4. The van der Waals surface area contributed by atoms with Gasteiger partial charge in [-0.1, -0.05) is 35.0 Å². The van der Waals surface area contributed by atoms with Gasteiger partial charge in [-0.05, 0) is 14.0 Å². The van der Waals surface area contributed by atoms with Crippen molar-refractivity contribution in [2.24, 2.45) is 0 Å². The van der Waals surface area contributed by atoms with Crippen LogP contribution in [0.15, 0.2) is 28.8 Å². The summed E-state index contributed by atoms with van der Waals surface area (Å²) < 4.78 is 5.36. The summed E-state index contributed by atoms with van der Waals surface area (Å²) >= 11 is 0. The van der Waals surface area contributed by atoms with Crippen LogP contribution in [0.2, 0.25) is 0 Å². The molecule has 0 atom stereocenters. The Kier molecular flexibility index (Phi) is 4.31. The van der Waals surface area contributed by atoms with Gasteiger partial charge >= 0.3 is 0 Å². The molecule has 5 nitrogen and oxygen atoms in total. The SMILES string of the molecule is Cc1ccc(-c2noc(CCN3CCN(C)CC3)n2)cc1. The molecule has 1 aromatic heterocycles. The van der Waals surface area contributed by atoms with Crippen LogP contribution in [0.1, 0.15) is 11.5 Å². The molecule has 2 heterocycles. The first-order valence-corrected chi connectivity index (χ1v) is 7.51. The van der Waals surface area contributed by atoms with Crippen molar-refractivity contribution in [2.45, 2.75) is 13.3 Å². The molecule has 5 heteroatoms. The zero-order chi connectivity index (χ0) is 14.7. The van der Waals surface area contributed by atoms with Gasteiger partial charge in [-0.15, -0.1) is 0 Å². The molecular weight excluding hydrogens is 264 g/mol. The highest BCUT2D eigenvalue weighted by Crippen LogP contribution is 2.16. The number of hydrogen-bond acceptors (Lipinski definition) is 5. The molecule has 1 aliphatic rings. The van der Waals surface area contributed by atoms with E-state index in [9.17, 15) is 0 Å². The van der Waals surface area contributed by atoms with E-state index in [-0.39, 0.29) is 0 Å². The first-order chi connectivity index (χ1) is 10.2. The van der Waals surface area contributed by atoms with Crippen molar-refractivity contribution in [3.63, 3.8) is 0 Å². The van der Waals surface area contributed by atoms with Gasteiger partial charge in [0.15, 0.2) is 0 Å². The molecule has 1 aliphatic heterocycles. The second-order valence-corrected chi connectivity index (χ2v) is 5.77. The van der Waals surface area contributed by atoms with Crippen molar-refractivity contribution in [3.05, 3.63) is 35.7 Å². The molecule has 112 valence electrons. The zero-order valence-electron chi connectivity index (χ0n) is 12.7. The van der Waals surface area contributed by atoms with Crippen LogP contribution in [0.25, 0.3) is 11.4 Å². The fraction of sp³-hybridized carbons (Fsp3) is 0.500. The van der Waals surface area contributed by atoms with Crippen molar-refractivity contribution >= 4 is 0 Å². The van der Waals surface area contributed by atoms with E-state index in [0.29, 0.717) is 5.82 Å². The largest absolute Gasteiger partial charge is 0.339 e. The number of benzene rings is 1. The molecule has 0 radical (unpaired) electrons. The van der Waals surface area contributed by atoms with Gasteiger partial charge in [0.1, 0.15) is 0 Å². The summed E-state index contributed by atoms with van der Waals surface area (Å²) in [7, 11) is 2.17. The quantitative estimate of drug-likeness (QED) is 0.858. The molecule has 1 fully saturated rings. The highest BCUT2D eigenvalue weighted by atomic mass is 16.5. The summed E-state index contributed by atoms with van der Waals surface area (Å²) in [4.78, 5) is 9.31. The Hall–Kier alpha value is -1.72. The Labute approximate surface area is 125 Å². The minimum atomic E-state index is 0.684. The Morgan fingerprint density at radius 1 is 1.10 bits per heavy atom. The van der Waals surface area contributed by atoms with Crippen molar-refractivity contribution in [3.8, 4) is 11.4 Å². The number of hydrogen-bond donors (Lipinski definition) is 0. The second-order valence-electron chi connectivity index (χ2n) is 5.77. The van der Waals surface area contributed by atoms with Gasteiger partial charge in [-0.2, -0.15) is 4.98 Å². The van der Waals surface area contributed by atoms with Gasteiger partial charge in [0.05, 0.1) is 0 Å². The van der Waals surface area contributed by atoms with Gasteiger partial charge in [-0.25, -0.2) is 0 Å². The summed E-state index contributed by atoms with van der Waals surface area (Å²) in [6.45, 7) is 7.58. The first kappa shape index (κ1) is 14.2. The van der Waals surface area contributed by atoms with E-state index in [2.05, 4.69) is 46.0 Å². The molecule has 0 aliphatic carbocycles. The Morgan fingerprint density at radius 3 is 2.52 bits per heavy atom. The first-order valence-electron chi connectivity index (χ1n) is 7.51. The monoisotopic (exact) mass is 286 g/mol. The molecule has 0 N–H and O–H groups in total. The van der Waals surface area contributed by atoms with E-state index in [1.807, 2.05) is 12.1 Å². The topological polar surface area (TPSA) is 45.4 Å². The third-order valence-corrected chi connectivity index (χ3v) is 4.02. The minimum Gasteiger partial charge on any atom is -0.339 e. The molecule has 21 heavy (non-hydrogen) atoms. The molecule has 1 saturated heterocycles. The van der Waals surface area contributed by atoms with Crippen molar-refractivity contribution in [1.29, 1.82) is 0 Å². The average Bonchev–Trinajstić information content (AvgIpc) is 2.96. The van der Waals surface area contributed by atoms with E-state index in [1.165, 1.54) is 5.56 Å². The van der Waals surface area contributed by atoms with Crippen LogP contribution in [-0.4, -0.2) is 59.7 Å². The fourth-order valence-electron chi connectivity index (χ4n) is 2.50. The Morgan fingerprint density at radius 2 is 1.81 bits per heavy atom. The lowest BCUT2D eigenvalue weighted by molar-refractivity contribution is 0.152. The highest BCUT2D eigenvalue weighted by Gasteiger charge is 2.15. The van der Waals surface area contributed by atoms with Crippen molar-refractivity contribution < 1.29 is 4.52 Å². The molecule has 3 rings (SSSR count). The lowest BCUT2D eigenvalue weighted by Crippen LogP contribution is -2.45. The van der Waals surface area contributed by atoms with Crippen molar-refractivity contribution in [2.75, 3.05) is 39.8 Å². The van der Waals surface area contributed by atoms with Gasteiger partial charge in [-0.3, -0.25) is 0 Å². The Bertz CT molecular complexity index is 570. The predicted molar refractivity (Wildman–Crippen MR) is 82.1 cm³/mol. The van der Waals surface area contributed by atoms with Crippen molar-refractivity contribution in [1.82, 2.24) is 19.9 Å². The van der Waals surface area contributed by atoms with Gasteiger partial charge in [0, 0.05) is 44.7 Å². The minimum absolute atomic E-state index is 0.684. The van der Waals surface area contributed by atoms with Crippen LogP contribution in [0, 0.1) is 6.92 Å². The van der Waals surface area contributed by atoms with Gasteiger partial charge in [0.2, 0.25) is 11.7 Å². The van der Waals surface area contributed by atoms with E-state index < -0.39 is 0 Å². The van der Waals surface area contributed by atoms with Crippen LogP contribution in [0.4, 0.5) is 0 Å².